The Morgan fingerprint density at radius 1 is 1.07 bits per heavy atom. The Morgan fingerprint density at radius 3 is 2.35 bits per heavy atom. The second-order valence-electron chi connectivity index (χ2n) is 12.2. The minimum atomic E-state index is -1.45. The number of nitrogens with one attached hydrogen (secondary N) is 1. The lowest BCUT2D eigenvalue weighted by molar-refractivity contribution is -0.132. The summed E-state index contributed by atoms with van der Waals surface area (Å²) in [6.07, 6.45) is 6.33. The van der Waals surface area contributed by atoms with Crippen LogP contribution in [0.15, 0.2) is 65.8 Å². The molecule has 0 saturated heterocycles. The molecule has 2 aromatic rings. The molecule has 3 atom stereocenters. The van der Waals surface area contributed by atoms with E-state index in [9.17, 15) is 23.5 Å². The summed E-state index contributed by atoms with van der Waals surface area (Å²) in [4.78, 5) is 28.9. The lowest BCUT2D eigenvalue weighted by Gasteiger charge is -2.42. The molecule has 6 nitrogen and oxygen atoms in total. The SMILES string of the molecule is CCCN(CCC)C(=O)C1=CC(C)=CC(C(N)=O)([C@H](Cc2cc(F)cc(F)c2)[C@@H](O)CNCc2cccc(C3CC3)c2)C1. The molecule has 2 amide bonds. The molecule has 0 spiro atoms. The Hall–Kier alpha value is -3.36. The fourth-order valence-electron chi connectivity index (χ4n) is 6.44. The highest BCUT2D eigenvalue weighted by Crippen LogP contribution is 2.44. The molecule has 1 unspecified atom stereocenters. The number of benzene rings is 2. The van der Waals surface area contributed by atoms with Gasteiger partial charge in [-0.05, 0) is 80.2 Å². The molecule has 1 saturated carbocycles. The molecule has 0 aliphatic heterocycles. The molecule has 0 bridgehead atoms. The second kappa shape index (κ2) is 14.4. The van der Waals surface area contributed by atoms with Crippen LogP contribution in [0.4, 0.5) is 8.78 Å². The van der Waals surface area contributed by atoms with Gasteiger partial charge in [-0.25, -0.2) is 8.78 Å². The molecule has 43 heavy (non-hydrogen) atoms. The zero-order valence-corrected chi connectivity index (χ0v) is 25.5. The molecule has 0 aromatic heterocycles. The number of hydrogen-bond acceptors (Lipinski definition) is 4. The van der Waals surface area contributed by atoms with Crippen LogP contribution in [-0.4, -0.2) is 47.6 Å². The summed E-state index contributed by atoms with van der Waals surface area (Å²) < 4.78 is 28.5. The minimum Gasteiger partial charge on any atom is -0.391 e. The van der Waals surface area contributed by atoms with Crippen LogP contribution >= 0.6 is 0 Å². The zero-order chi connectivity index (χ0) is 31.1. The van der Waals surface area contributed by atoms with Crippen molar-refractivity contribution in [2.75, 3.05) is 19.6 Å². The van der Waals surface area contributed by atoms with E-state index >= 15 is 0 Å². The van der Waals surface area contributed by atoms with Crippen LogP contribution in [-0.2, 0) is 22.6 Å². The number of amides is 2. The van der Waals surface area contributed by atoms with E-state index in [4.69, 9.17) is 5.73 Å². The quantitative estimate of drug-likeness (QED) is 0.252. The van der Waals surface area contributed by atoms with Gasteiger partial charge < -0.3 is 21.1 Å². The van der Waals surface area contributed by atoms with Crippen molar-refractivity contribution in [3.63, 3.8) is 0 Å². The van der Waals surface area contributed by atoms with Crippen LogP contribution in [0.3, 0.4) is 0 Å². The van der Waals surface area contributed by atoms with E-state index < -0.39 is 35.0 Å². The minimum absolute atomic E-state index is 0.00854. The number of halogens is 2. The smallest absolute Gasteiger partial charge is 0.249 e. The van der Waals surface area contributed by atoms with E-state index in [0.717, 1.165) is 24.5 Å². The maximum Gasteiger partial charge on any atom is 0.249 e. The number of nitrogens with two attached hydrogens (primary N) is 1. The highest BCUT2D eigenvalue weighted by molar-refractivity contribution is 5.97. The molecule has 8 heteroatoms. The van der Waals surface area contributed by atoms with Gasteiger partial charge in [-0.3, -0.25) is 9.59 Å². The molecule has 4 N–H and O–H groups in total. The molecule has 0 radical (unpaired) electrons. The summed E-state index contributed by atoms with van der Waals surface area (Å²) in [5.41, 5.74) is 8.48. The first-order chi connectivity index (χ1) is 20.6. The van der Waals surface area contributed by atoms with Crippen LogP contribution in [0, 0.1) is 23.0 Å². The lowest BCUT2D eigenvalue weighted by Crippen LogP contribution is -2.51. The fourth-order valence-corrected chi connectivity index (χ4v) is 6.44. The number of hydrogen-bond donors (Lipinski definition) is 3. The van der Waals surface area contributed by atoms with E-state index in [1.807, 2.05) is 26.0 Å². The van der Waals surface area contributed by atoms with Crippen LogP contribution in [0.5, 0.6) is 0 Å². The van der Waals surface area contributed by atoms with Gasteiger partial charge in [-0.15, -0.1) is 0 Å². The Labute approximate surface area is 254 Å². The molecule has 1 fully saturated rings. The van der Waals surface area contributed by atoms with Gasteiger partial charge in [0.2, 0.25) is 11.8 Å². The molecule has 232 valence electrons. The van der Waals surface area contributed by atoms with Crippen LogP contribution in [0.2, 0.25) is 0 Å². The summed E-state index contributed by atoms with van der Waals surface area (Å²) in [5.74, 6) is -2.60. The molecular formula is C35H45F2N3O3. The number of aliphatic hydroxyl groups is 1. The van der Waals surface area contributed by atoms with Crippen molar-refractivity contribution in [1.82, 2.24) is 10.2 Å². The van der Waals surface area contributed by atoms with Gasteiger partial charge in [0.1, 0.15) is 11.6 Å². The average molecular weight is 594 g/mol. The van der Waals surface area contributed by atoms with Crippen LogP contribution in [0.25, 0.3) is 0 Å². The second-order valence-corrected chi connectivity index (χ2v) is 12.2. The van der Waals surface area contributed by atoms with Gasteiger partial charge in [0.15, 0.2) is 0 Å². The maximum absolute atomic E-state index is 14.2. The van der Waals surface area contributed by atoms with Gasteiger partial charge >= 0.3 is 0 Å². The first-order valence-corrected chi connectivity index (χ1v) is 15.5. The van der Waals surface area contributed by atoms with E-state index in [-0.39, 0.29) is 25.3 Å². The zero-order valence-electron chi connectivity index (χ0n) is 25.5. The van der Waals surface area contributed by atoms with Crippen molar-refractivity contribution in [3.8, 4) is 0 Å². The molecule has 2 aliphatic rings. The summed E-state index contributed by atoms with van der Waals surface area (Å²) in [7, 11) is 0. The molecular weight excluding hydrogens is 548 g/mol. The van der Waals surface area contributed by atoms with Crippen molar-refractivity contribution in [3.05, 3.63) is 94.1 Å². The van der Waals surface area contributed by atoms with E-state index in [2.05, 4.69) is 17.4 Å². The van der Waals surface area contributed by atoms with Crippen LogP contribution in [0.1, 0.15) is 75.5 Å². The maximum atomic E-state index is 14.2. The van der Waals surface area contributed by atoms with Crippen molar-refractivity contribution in [1.29, 1.82) is 0 Å². The van der Waals surface area contributed by atoms with Crippen molar-refractivity contribution < 1.29 is 23.5 Å². The number of rotatable bonds is 15. The summed E-state index contributed by atoms with van der Waals surface area (Å²) in [6.45, 7) is 7.58. The standard InChI is InChI=1S/C35H45F2N3O3/c1-4-11-40(12-5-2)33(42)28-13-23(3)19-35(20-28,34(38)43)31(17-25-15-29(36)18-30(37)16-25)32(41)22-39-21-24-7-6-8-27(14-24)26-9-10-26/h6-8,13-16,18-19,26,31-32,39,41H,4-5,9-12,17,20-22H2,1-3H3,(H2,38,43)/t31-,32+,35?/m1/s1. The normalized spacial score (nSPS) is 19.8. The largest absolute Gasteiger partial charge is 0.391 e. The highest BCUT2D eigenvalue weighted by atomic mass is 19.1. The van der Waals surface area contributed by atoms with E-state index in [1.165, 1.54) is 30.5 Å². The van der Waals surface area contributed by atoms with Gasteiger partial charge in [0.05, 0.1) is 11.5 Å². The Bertz CT molecular complexity index is 1340. The van der Waals surface area contributed by atoms with Crippen molar-refractivity contribution in [2.24, 2.45) is 17.1 Å². The topological polar surface area (TPSA) is 95.7 Å². The number of aliphatic hydroxyl groups excluding tert-OH is 1. The summed E-state index contributed by atoms with van der Waals surface area (Å²) in [6, 6.07) is 11.6. The number of primary amides is 1. The van der Waals surface area contributed by atoms with Crippen molar-refractivity contribution >= 4 is 11.8 Å². The predicted octanol–water partition coefficient (Wildman–Crippen LogP) is 5.55. The fraction of sp³-hybridized carbons (Fsp3) is 0.486. The monoisotopic (exact) mass is 593 g/mol. The average Bonchev–Trinajstić information content (AvgIpc) is 3.80. The molecule has 2 aromatic carbocycles. The third kappa shape index (κ3) is 8.18. The van der Waals surface area contributed by atoms with E-state index in [0.29, 0.717) is 42.3 Å². The Balaban J connectivity index is 1.64. The van der Waals surface area contributed by atoms with Gasteiger partial charge in [0, 0.05) is 43.7 Å². The lowest BCUT2D eigenvalue weighted by atomic mass is 9.63. The Morgan fingerprint density at radius 2 is 1.74 bits per heavy atom. The first-order valence-electron chi connectivity index (χ1n) is 15.5. The molecule has 2 aliphatic carbocycles. The van der Waals surface area contributed by atoms with Crippen molar-refractivity contribution in [2.45, 2.75) is 77.9 Å². The number of carbonyl (C=O) groups excluding carboxylic acids is 2. The highest BCUT2D eigenvalue weighted by Gasteiger charge is 2.48. The van der Waals surface area contributed by atoms with Gasteiger partial charge in [0.25, 0.3) is 0 Å². The Kier molecular flexibility index (Phi) is 10.9. The summed E-state index contributed by atoms with van der Waals surface area (Å²) in [5, 5.41) is 15.0. The van der Waals surface area contributed by atoms with Crippen LogP contribution < -0.4 is 11.1 Å². The first kappa shape index (κ1) is 32.6. The third-order valence-corrected chi connectivity index (χ3v) is 8.56. The summed E-state index contributed by atoms with van der Waals surface area (Å²) >= 11 is 0. The number of nitrogens with zero attached hydrogens (tertiary/aromatic N) is 1. The number of carbonyl (C=O) groups is 2. The molecule has 0 heterocycles. The number of allylic oxidation sites excluding steroid dienone is 2. The van der Waals surface area contributed by atoms with Gasteiger partial charge in [-0.2, -0.15) is 0 Å². The third-order valence-electron chi connectivity index (χ3n) is 8.56. The van der Waals surface area contributed by atoms with Gasteiger partial charge in [-0.1, -0.05) is 55.8 Å². The molecule has 4 rings (SSSR count). The predicted molar refractivity (Wildman–Crippen MR) is 165 cm³/mol. The van der Waals surface area contributed by atoms with E-state index in [1.54, 1.807) is 24.0 Å².